The van der Waals surface area contributed by atoms with Gasteiger partial charge >= 0.3 is 0 Å². The molecule has 0 aliphatic rings. The number of ether oxygens (including phenoxy) is 2. The van der Waals surface area contributed by atoms with Crippen LogP contribution in [0, 0.1) is 0 Å². The van der Waals surface area contributed by atoms with Crippen molar-refractivity contribution in [2.24, 2.45) is 0 Å². The number of hydrogen-bond acceptors (Lipinski definition) is 6. The summed E-state index contributed by atoms with van der Waals surface area (Å²) in [5.41, 5.74) is 1.05. The van der Waals surface area contributed by atoms with Crippen molar-refractivity contribution < 1.29 is 18.7 Å². The molecule has 0 saturated heterocycles. The molecule has 4 aromatic rings. The first kappa shape index (κ1) is 18.8. The van der Waals surface area contributed by atoms with Crippen LogP contribution in [0.25, 0.3) is 22.1 Å². The van der Waals surface area contributed by atoms with Crippen LogP contribution >= 0.6 is 11.6 Å². The highest BCUT2D eigenvalue weighted by Gasteiger charge is 2.16. The van der Waals surface area contributed by atoms with Crippen LogP contribution in [0.15, 0.2) is 51.9 Å². The molecule has 0 bridgehead atoms. The van der Waals surface area contributed by atoms with E-state index in [9.17, 15) is 9.59 Å². The van der Waals surface area contributed by atoms with E-state index in [4.69, 9.17) is 25.5 Å². The number of aromatic nitrogens is 2. The highest BCUT2D eigenvalue weighted by Crippen LogP contribution is 2.35. The van der Waals surface area contributed by atoms with Crippen LogP contribution < -0.4 is 20.3 Å². The summed E-state index contributed by atoms with van der Waals surface area (Å²) in [6, 6.07) is 10.3. The molecule has 2 heterocycles. The summed E-state index contributed by atoms with van der Waals surface area (Å²) in [6.07, 6.45) is 1.33. The van der Waals surface area contributed by atoms with Crippen LogP contribution in [0.3, 0.4) is 0 Å². The highest BCUT2D eigenvalue weighted by molar-refractivity contribution is 6.32. The molecule has 2 aromatic heterocycles. The summed E-state index contributed by atoms with van der Waals surface area (Å²) in [7, 11) is 2.92. The van der Waals surface area contributed by atoms with Crippen molar-refractivity contribution in [3.05, 3.63) is 58.1 Å². The summed E-state index contributed by atoms with van der Waals surface area (Å²) in [5, 5.41) is 3.78. The minimum Gasteiger partial charge on any atom is -0.495 e. The molecule has 29 heavy (non-hydrogen) atoms. The Kier molecular flexibility index (Phi) is 4.85. The van der Waals surface area contributed by atoms with Crippen molar-refractivity contribution in [1.82, 2.24) is 9.55 Å². The summed E-state index contributed by atoms with van der Waals surface area (Å²) >= 11 is 6.07. The zero-order valence-corrected chi connectivity index (χ0v) is 16.3. The molecule has 0 aliphatic heterocycles. The number of methoxy groups -OCH3 is 2. The lowest BCUT2D eigenvalue weighted by atomic mass is 10.2. The minimum atomic E-state index is -0.452. The van der Waals surface area contributed by atoms with E-state index in [1.807, 2.05) is 18.2 Å². The Morgan fingerprint density at radius 1 is 1.21 bits per heavy atom. The molecule has 8 nitrogen and oxygen atoms in total. The van der Waals surface area contributed by atoms with Crippen molar-refractivity contribution in [1.29, 1.82) is 0 Å². The van der Waals surface area contributed by atoms with Gasteiger partial charge in [-0.2, -0.15) is 0 Å². The molecule has 0 saturated carbocycles. The summed E-state index contributed by atoms with van der Waals surface area (Å²) in [5.74, 6) is 0.291. The maximum Gasteiger partial charge on any atom is 0.297 e. The van der Waals surface area contributed by atoms with Gasteiger partial charge in [-0.1, -0.05) is 23.7 Å². The number of carbonyl (C=O) groups is 1. The molecule has 0 aliphatic carbocycles. The topological polar surface area (TPSA) is 95.6 Å². The van der Waals surface area contributed by atoms with Crippen molar-refractivity contribution >= 4 is 45.3 Å². The summed E-state index contributed by atoms with van der Waals surface area (Å²) in [4.78, 5) is 29.6. The highest BCUT2D eigenvalue weighted by atomic mass is 35.5. The molecule has 9 heteroatoms. The van der Waals surface area contributed by atoms with Crippen LogP contribution in [0.4, 0.5) is 5.69 Å². The average Bonchev–Trinajstić information content (AvgIpc) is 3.10. The van der Waals surface area contributed by atoms with E-state index < -0.39 is 11.5 Å². The Morgan fingerprint density at radius 2 is 1.97 bits per heavy atom. The van der Waals surface area contributed by atoms with Gasteiger partial charge in [0.1, 0.15) is 29.1 Å². The Bertz CT molecular complexity index is 1290. The van der Waals surface area contributed by atoms with E-state index in [1.165, 1.54) is 31.2 Å². The van der Waals surface area contributed by atoms with Crippen LogP contribution in [0.5, 0.6) is 11.5 Å². The quantitative estimate of drug-likeness (QED) is 0.538. The SMILES string of the molecule is COc1cc(NC(=O)Cn2cnc3c(oc4ccccc43)c2=O)c(OC)cc1Cl. The van der Waals surface area contributed by atoms with Gasteiger partial charge in [0, 0.05) is 17.5 Å². The van der Waals surface area contributed by atoms with Crippen molar-refractivity contribution in [3.63, 3.8) is 0 Å². The van der Waals surface area contributed by atoms with E-state index >= 15 is 0 Å². The standard InChI is InChI=1S/C20H16ClN3O5/c1-27-15-8-13(16(28-2)7-12(15)21)23-17(25)9-24-10-22-18-11-5-3-4-6-14(11)29-19(18)20(24)26/h3-8,10H,9H2,1-2H3,(H,23,25). The van der Waals surface area contributed by atoms with Gasteiger partial charge in [-0.25, -0.2) is 4.98 Å². The van der Waals surface area contributed by atoms with Crippen LogP contribution in [0.1, 0.15) is 0 Å². The van der Waals surface area contributed by atoms with Crippen LogP contribution in [0.2, 0.25) is 5.02 Å². The Morgan fingerprint density at radius 3 is 2.72 bits per heavy atom. The maximum atomic E-state index is 12.7. The number of para-hydroxylation sites is 1. The van der Waals surface area contributed by atoms with Crippen molar-refractivity contribution in [2.75, 3.05) is 19.5 Å². The second-order valence-electron chi connectivity index (χ2n) is 6.19. The Labute approximate surface area is 169 Å². The fourth-order valence-electron chi connectivity index (χ4n) is 3.03. The van der Waals surface area contributed by atoms with Gasteiger partial charge in [0.15, 0.2) is 0 Å². The average molecular weight is 414 g/mol. The molecule has 1 N–H and O–H groups in total. The zero-order valence-electron chi connectivity index (χ0n) is 15.6. The van der Waals surface area contributed by atoms with Gasteiger partial charge in [0.2, 0.25) is 11.5 Å². The molecule has 1 amide bonds. The number of nitrogens with one attached hydrogen (secondary N) is 1. The lowest BCUT2D eigenvalue weighted by Gasteiger charge is -2.13. The molecule has 0 unspecified atom stereocenters. The number of hydrogen-bond donors (Lipinski definition) is 1. The first-order valence-corrected chi connectivity index (χ1v) is 8.97. The van der Waals surface area contributed by atoms with E-state index in [-0.39, 0.29) is 12.1 Å². The van der Waals surface area contributed by atoms with Gasteiger partial charge in [-0.05, 0) is 12.1 Å². The number of amides is 1. The fraction of sp³-hybridized carbons (Fsp3) is 0.150. The second kappa shape index (κ2) is 7.48. The van der Waals surface area contributed by atoms with Gasteiger partial charge in [-0.15, -0.1) is 0 Å². The van der Waals surface area contributed by atoms with E-state index in [2.05, 4.69) is 10.3 Å². The van der Waals surface area contributed by atoms with Crippen molar-refractivity contribution in [3.8, 4) is 11.5 Å². The minimum absolute atomic E-state index is 0.104. The number of benzene rings is 2. The number of halogens is 1. The van der Waals surface area contributed by atoms with Gasteiger partial charge in [-0.3, -0.25) is 14.2 Å². The van der Waals surface area contributed by atoms with E-state index in [0.29, 0.717) is 33.3 Å². The van der Waals surface area contributed by atoms with Gasteiger partial charge in [0.05, 0.1) is 31.3 Å². The molecule has 0 atom stereocenters. The largest absolute Gasteiger partial charge is 0.495 e. The fourth-order valence-corrected chi connectivity index (χ4v) is 3.26. The lowest BCUT2D eigenvalue weighted by molar-refractivity contribution is -0.116. The molecular weight excluding hydrogens is 398 g/mol. The predicted molar refractivity (Wildman–Crippen MR) is 109 cm³/mol. The summed E-state index contributed by atoms with van der Waals surface area (Å²) in [6.45, 7) is -0.257. The Balaban J connectivity index is 1.64. The number of anilines is 1. The molecule has 0 radical (unpaired) electrons. The first-order chi connectivity index (χ1) is 14.0. The second-order valence-corrected chi connectivity index (χ2v) is 6.60. The molecule has 0 fully saturated rings. The smallest absolute Gasteiger partial charge is 0.297 e. The number of carbonyl (C=O) groups excluding carboxylic acids is 1. The Hall–Kier alpha value is -3.52. The number of furan rings is 1. The van der Waals surface area contributed by atoms with Crippen LogP contribution in [-0.4, -0.2) is 29.7 Å². The summed E-state index contributed by atoms with van der Waals surface area (Å²) < 4.78 is 17.2. The van der Waals surface area contributed by atoms with Crippen LogP contribution in [-0.2, 0) is 11.3 Å². The van der Waals surface area contributed by atoms with Crippen molar-refractivity contribution in [2.45, 2.75) is 6.54 Å². The van der Waals surface area contributed by atoms with E-state index in [1.54, 1.807) is 12.1 Å². The third-order valence-corrected chi connectivity index (χ3v) is 4.71. The van der Waals surface area contributed by atoms with E-state index in [0.717, 1.165) is 5.39 Å². The molecule has 0 spiro atoms. The normalized spacial score (nSPS) is 11.0. The predicted octanol–water partition coefficient (Wildman–Crippen LogP) is 3.45. The molecular formula is C20H16ClN3O5. The molecule has 2 aromatic carbocycles. The third kappa shape index (κ3) is 3.38. The monoisotopic (exact) mass is 413 g/mol. The molecule has 148 valence electrons. The zero-order chi connectivity index (χ0) is 20.5. The number of rotatable bonds is 5. The maximum absolute atomic E-state index is 12.7. The number of nitrogens with zero attached hydrogens (tertiary/aromatic N) is 2. The third-order valence-electron chi connectivity index (χ3n) is 4.41. The van der Waals surface area contributed by atoms with Gasteiger partial charge < -0.3 is 19.2 Å². The number of fused-ring (bicyclic) bond motifs is 3. The lowest BCUT2D eigenvalue weighted by Crippen LogP contribution is -2.27. The van der Waals surface area contributed by atoms with Gasteiger partial charge in [0.25, 0.3) is 5.56 Å². The first-order valence-electron chi connectivity index (χ1n) is 8.60. The molecule has 4 rings (SSSR count).